The van der Waals surface area contributed by atoms with Crippen LogP contribution in [0.2, 0.25) is 0 Å². The van der Waals surface area contributed by atoms with Crippen LogP contribution in [0.25, 0.3) is 0 Å². The maximum absolute atomic E-state index is 11.3. The lowest BCUT2D eigenvalue weighted by Gasteiger charge is -2.14. The number of rotatable bonds is 10. The molecule has 0 aliphatic heterocycles. The Morgan fingerprint density at radius 3 is 2.62 bits per heavy atom. The van der Waals surface area contributed by atoms with Gasteiger partial charge in [0.25, 0.3) is 0 Å². The standard InChI is InChI=1S/C19H30O2/c1-5-18(20)12-8-6-7-10-17-11-9-13-19(16(17)4)21-14-15(2)3/h9,11,13,15H,5-8,10,12,14H2,1-4H3. The fraction of sp³-hybridized carbons (Fsp3) is 0.632. The first kappa shape index (κ1) is 17.7. The summed E-state index contributed by atoms with van der Waals surface area (Å²) in [5.74, 6) is 1.95. The van der Waals surface area contributed by atoms with E-state index < -0.39 is 0 Å². The molecule has 118 valence electrons. The molecule has 1 rings (SSSR count). The summed E-state index contributed by atoms with van der Waals surface area (Å²) in [4.78, 5) is 11.3. The van der Waals surface area contributed by atoms with Crippen LogP contribution in [-0.2, 0) is 11.2 Å². The van der Waals surface area contributed by atoms with E-state index in [-0.39, 0.29) is 0 Å². The van der Waals surface area contributed by atoms with Gasteiger partial charge in [-0.3, -0.25) is 4.79 Å². The predicted molar refractivity (Wildman–Crippen MR) is 89.0 cm³/mol. The van der Waals surface area contributed by atoms with Crippen molar-refractivity contribution in [2.45, 2.75) is 66.2 Å². The molecule has 0 radical (unpaired) electrons. The molecule has 0 spiro atoms. The van der Waals surface area contributed by atoms with Crippen molar-refractivity contribution in [2.75, 3.05) is 6.61 Å². The topological polar surface area (TPSA) is 26.3 Å². The van der Waals surface area contributed by atoms with Crippen molar-refractivity contribution in [2.24, 2.45) is 5.92 Å². The largest absolute Gasteiger partial charge is 0.493 e. The van der Waals surface area contributed by atoms with E-state index in [1.54, 1.807) is 0 Å². The predicted octanol–water partition coefficient (Wildman–Crippen LogP) is 5.11. The van der Waals surface area contributed by atoms with Crippen LogP contribution in [0.15, 0.2) is 18.2 Å². The molecular weight excluding hydrogens is 260 g/mol. The lowest BCUT2D eigenvalue weighted by molar-refractivity contribution is -0.118. The first-order valence-electron chi connectivity index (χ1n) is 8.27. The summed E-state index contributed by atoms with van der Waals surface area (Å²) in [6.45, 7) is 9.18. The number of ketones is 1. The Balaban J connectivity index is 2.41. The molecule has 0 N–H and O–H groups in total. The molecule has 0 fully saturated rings. The molecule has 21 heavy (non-hydrogen) atoms. The second-order valence-electron chi connectivity index (χ2n) is 6.20. The van der Waals surface area contributed by atoms with Gasteiger partial charge in [-0.05, 0) is 49.3 Å². The smallest absolute Gasteiger partial charge is 0.132 e. The second-order valence-corrected chi connectivity index (χ2v) is 6.20. The van der Waals surface area contributed by atoms with Gasteiger partial charge in [0.2, 0.25) is 0 Å². The van der Waals surface area contributed by atoms with Crippen LogP contribution in [0.4, 0.5) is 0 Å². The zero-order chi connectivity index (χ0) is 15.7. The van der Waals surface area contributed by atoms with E-state index >= 15 is 0 Å². The Morgan fingerprint density at radius 1 is 1.19 bits per heavy atom. The number of aryl methyl sites for hydroxylation is 1. The van der Waals surface area contributed by atoms with E-state index in [4.69, 9.17) is 4.74 Å². The molecule has 0 heterocycles. The van der Waals surface area contributed by atoms with Crippen molar-refractivity contribution in [3.8, 4) is 5.75 Å². The molecule has 0 aliphatic carbocycles. The Labute approximate surface area is 129 Å². The molecule has 0 unspecified atom stereocenters. The van der Waals surface area contributed by atoms with E-state index in [9.17, 15) is 4.79 Å². The van der Waals surface area contributed by atoms with E-state index in [0.717, 1.165) is 44.5 Å². The molecule has 0 amide bonds. The summed E-state index contributed by atoms with van der Waals surface area (Å²) in [5.41, 5.74) is 2.64. The van der Waals surface area contributed by atoms with Gasteiger partial charge in [0, 0.05) is 12.8 Å². The maximum atomic E-state index is 11.3. The first-order valence-corrected chi connectivity index (χ1v) is 8.27. The van der Waals surface area contributed by atoms with Crippen LogP contribution < -0.4 is 4.74 Å². The molecule has 2 heteroatoms. The Hall–Kier alpha value is -1.31. The third-order valence-electron chi connectivity index (χ3n) is 3.76. The number of unbranched alkanes of at least 4 members (excludes halogenated alkanes) is 2. The highest BCUT2D eigenvalue weighted by Gasteiger charge is 2.06. The quantitative estimate of drug-likeness (QED) is 0.560. The van der Waals surface area contributed by atoms with Crippen molar-refractivity contribution < 1.29 is 9.53 Å². The summed E-state index contributed by atoms with van der Waals surface area (Å²) >= 11 is 0. The summed E-state index contributed by atoms with van der Waals surface area (Å²) < 4.78 is 5.87. The van der Waals surface area contributed by atoms with Gasteiger partial charge in [-0.25, -0.2) is 0 Å². The van der Waals surface area contributed by atoms with Gasteiger partial charge in [-0.2, -0.15) is 0 Å². The third kappa shape index (κ3) is 6.79. The Bertz CT molecular complexity index is 435. The van der Waals surface area contributed by atoms with Crippen LogP contribution in [0.5, 0.6) is 5.75 Å². The molecular formula is C19H30O2. The second kappa shape index (κ2) is 9.59. The molecule has 0 atom stereocenters. The number of carbonyl (C=O) groups excluding carboxylic acids is 1. The van der Waals surface area contributed by atoms with Gasteiger partial charge in [-0.1, -0.05) is 39.3 Å². The van der Waals surface area contributed by atoms with Crippen LogP contribution in [0, 0.1) is 12.8 Å². The van der Waals surface area contributed by atoms with Crippen molar-refractivity contribution in [1.82, 2.24) is 0 Å². The van der Waals surface area contributed by atoms with Gasteiger partial charge in [-0.15, -0.1) is 0 Å². The lowest BCUT2D eigenvalue weighted by Crippen LogP contribution is -2.06. The van der Waals surface area contributed by atoms with Gasteiger partial charge in [0.15, 0.2) is 0 Å². The highest BCUT2D eigenvalue weighted by molar-refractivity contribution is 5.77. The van der Waals surface area contributed by atoms with E-state index in [2.05, 4.69) is 39.0 Å². The zero-order valence-corrected chi connectivity index (χ0v) is 14.1. The summed E-state index contributed by atoms with van der Waals surface area (Å²) in [5, 5.41) is 0. The number of benzene rings is 1. The highest BCUT2D eigenvalue weighted by Crippen LogP contribution is 2.23. The van der Waals surface area contributed by atoms with Gasteiger partial charge < -0.3 is 4.74 Å². The Kier molecular flexibility index (Phi) is 8.11. The van der Waals surface area contributed by atoms with Crippen LogP contribution in [0.1, 0.15) is 64.0 Å². The van der Waals surface area contributed by atoms with Gasteiger partial charge in [0.05, 0.1) is 6.61 Å². The average Bonchev–Trinajstić information content (AvgIpc) is 2.46. The summed E-state index contributed by atoms with van der Waals surface area (Å²) in [6, 6.07) is 6.33. The molecule has 2 nitrogen and oxygen atoms in total. The fourth-order valence-electron chi connectivity index (χ4n) is 2.33. The monoisotopic (exact) mass is 290 g/mol. The molecule has 1 aromatic rings. The van der Waals surface area contributed by atoms with Crippen molar-refractivity contribution in [3.05, 3.63) is 29.3 Å². The summed E-state index contributed by atoms with van der Waals surface area (Å²) in [7, 11) is 0. The lowest BCUT2D eigenvalue weighted by atomic mass is 10.0. The third-order valence-corrected chi connectivity index (χ3v) is 3.76. The minimum Gasteiger partial charge on any atom is -0.493 e. The van der Waals surface area contributed by atoms with Crippen LogP contribution in [0.3, 0.4) is 0 Å². The molecule has 0 aliphatic rings. The normalized spacial score (nSPS) is 10.9. The van der Waals surface area contributed by atoms with E-state index in [1.807, 2.05) is 6.92 Å². The van der Waals surface area contributed by atoms with Crippen molar-refractivity contribution in [1.29, 1.82) is 0 Å². The number of ether oxygens (including phenoxy) is 1. The maximum Gasteiger partial charge on any atom is 0.132 e. The van der Waals surface area contributed by atoms with E-state index in [0.29, 0.717) is 18.1 Å². The highest BCUT2D eigenvalue weighted by atomic mass is 16.5. The molecule has 0 aromatic heterocycles. The molecule has 1 aromatic carbocycles. The fourth-order valence-corrected chi connectivity index (χ4v) is 2.33. The molecule has 0 saturated carbocycles. The molecule has 0 saturated heterocycles. The minimum atomic E-state index is 0.385. The van der Waals surface area contributed by atoms with Crippen molar-refractivity contribution >= 4 is 5.78 Å². The van der Waals surface area contributed by atoms with Crippen LogP contribution >= 0.6 is 0 Å². The number of hydrogen-bond acceptors (Lipinski definition) is 2. The van der Waals surface area contributed by atoms with E-state index in [1.165, 1.54) is 11.1 Å². The molecule has 0 bridgehead atoms. The van der Waals surface area contributed by atoms with Gasteiger partial charge in [0.1, 0.15) is 11.5 Å². The van der Waals surface area contributed by atoms with Gasteiger partial charge >= 0.3 is 0 Å². The summed E-state index contributed by atoms with van der Waals surface area (Å²) in [6.07, 6.45) is 5.79. The zero-order valence-electron chi connectivity index (χ0n) is 14.1. The number of Topliss-reactive ketones (excluding diaryl/α,β-unsaturated/α-hetero) is 1. The average molecular weight is 290 g/mol. The number of carbonyl (C=O) groups is 1. The van der Waals surface area contributed by atoms with Crippen LogP contribution in [-0.4, -0.2) is 12.4 Å². The first-order chi connectivity index (χ1) is 10.0. The van der Waals surface area contributed by atoms with Crippen molar-refractivity contribution in [3.63, 3.8) is 0 Å². The SMILES string of the molecule is CCC(=O)CCCCCc1cccc(OCC(C)C)c1C. The Morgan fingerprint density at radius 2 is 1.95 bits per heavy atom. The minimum absolute atomic E-state index is 0.385. The number of hydrogen-bond donors (Lipinski definition) is 0.